The predicted molar refractivity (Wildman–Crippen MR) is 75.3 cm³/mol. The number of halogens is 2. The minimum atomic E-state index is 0. The summed E-state index contributed by atoms with van der Waals surface area (Å²) in [6.07, 6.45) is 12.5. The van der Waals surface area contributed by atoms with Crippen LogP contribution in [0.1, 0.15) is 41.5 Å². The molecule has 108 valence electrons. The van der Waals surface area contributed by atoms with Crippen molar-refractivity contribution in [1.82, 2.24) is 0 Å². The van der Waals surface area contributed by atoms with Crippen LogP contribution in [0, 0.1) is 18.1 Å². The van der Waals surface area contributed by atoms with Crippen LogP contribution in [0.5, 0.6) is 0 Å². The van der Waals surface area contributed by atoms with Crippen LogP contribution in [0.4, 0.5) is 0 Å². The molecule has 0 heterocycles. The first-order valence-corrected chi connectivity index (χ1v) is 6.15. The Kier molecular flexibility index (Phi) is 14.5. The fraction of sp³-hybridized carbons (Fsp3) is 0.412. The molecule has 1 atom stereocenters. The summed E-state index contributed by atoms with van der Waals surface area (Å²) in [6.45, 7) is 12.8. The molecule has 0 radical (unpaired) electrons. The molecule has 0 aromatic carbocycles. The molecule has 0 saturated heterocycles. The van der Waals surface area contributed by atoms with Crippen molar-refractivity contribution >= 4 is 0 Å². The smallest absolute Gasteiger partial charge is 1.00 e. The van der Waals surface area contributed by atoms with E-state index in [1.807, 2.05) is 12.2 Å². The molecule has 0 fully saturated rings. The molecule has 0 N–H and O–H groups in total. The maximum atomic E-state index is 3.36. The maximum absolute atomic E-state index is 3.36. The van der Waals surface area contributed by atoms with Gasteiger partial charge in [0.05, 0.1) is 0 Å². The number of rotatable bonds is 0. The van der Waals surface area contributed by atoms with E-state index in [1.54, 1.807) is 0 Å². The van der Waals surface area contributed by atoms with Crippen molar-refractivity contribution < 1.29 is 46.5 Å². The summed E-state index contributed by atoms with van der Waals surface area (Å²) >= 11 is 0. The summed E-state index contributed by atoms with van der Waals surface area (Å²) in [7, 11) is 0. The summed E-state index contributed by atoms with van der Waals surface area (Å²) in [4.78, 5) is 0. The van der Waals surface area contributed by atoms with Crippen LogP contribution in [0.15, 0.2) is 46.1 Å². The normalized spacial score (nSPS) is 18.4. The van der Waals surface area contributed by atoms with Crippen molar-refractivity contribution in [3.05, 3.63) is 58.2 Å². The van der Waals surface area contributed by atoms with E-state index in [1.165, 1.54) is 27.9 Å². The third-order valence-corrected chi connectivity index (χ3v) is 3.37. The van der Waals surface area contributed by atoms with E-state index in [9.17, 15) is 0 Å². The topological polar surface area (TPSA) is 0 Å². The molecule has 0 spiro atoms. The number of allylic oxidation sites excluding steroid dienone is 10. The van der Waals surface area contributed by atoms with Crippen LogP contribution >= 0.6 is 0 Å². The van der Waals surface area contributed by atoms with Crippen LogP contribution < -0.4 is 24.8 Å². The molecule has 0 aromatic heterocycles. The van der Waals surface area contributed by atoms with Crippen molar-refractivity contribution in [2.24, 2.45) is 5.92 Å². The zero-order valence-electron chi connectivity index (χ0n) is 13.1. The zero-order chi connectivity index (χ0) is 13.0. The van der Waals surface area contributed by atoms with Gasteiger partial charge in [-0.3, -0.25) is 6.08 Å². The quantitative estimate of drug-likeness (QED) is 0.390. The summed E-state index contributed by atoms with van der Waals surface area (Å²) in [5.41, 5.74) is 6.80. The molecule has 20 heavy (non-hydrogen) atoms. The van der Waals surface area contributed by atoms with Gasteiger partial charge in [0, 0.05) is 0 Å². The molecule has 0 bridgehead atoms. The Bertz CT molecular complexity index is 434. The molecule has 2 aliphatic carbocycles. The van der Waals surface area contributed by atoms with Gasteiger partial charge in [-0.1, -0.05) is 40.5 Å². The number of hydrogen-bond donors (Lipinski definition) is 0. The molecule has 0 saturated carbocycles. The van der Waals surface area contributed by atoms with Crippen LogP contribution in [-0.4, -0.2) is 0 Å². The maximum Gasteiger partial charge on any atom is 4.00 e. The summed E-state index contributed by atoms with van der Waals surface area (Å²) in [5, 5.41) is 0. The Morgan fingerprint density at radius 2 is 1.65 bits per heavy atom. The molecule has 2 rings (SSSR count). The molecule has 0 nitrogen and oxygen atoms in total. The van der Waals surface area contributed by atoms with E-state index in [0.29, 0.717) is 5.92 Å². The second-order valence-electron chi connectivity index (χ2n) is 4.88. The van der Waals surface area contributed by atoms with Crippen molar-refractivity contribution in [2.75, 3.05) is 0 Å². The first kappa shape index (κ1) is 25.0. The van der Waals surface area contributed by atoms with Crippen LogP contribution in [0.25, 0.3) is 0 Å². The van der Waals surface area contributed by atoms with Crippen molar-refractivity contribution in [3.8, 4) is 0 Å². The van der Waals surface area contributed by atoms with Gasteiger partial charge in [0.25, 0.3) is 0 Å². The Hall–Kier alpha value is -0.00571. The van der Waals surface area contributed by atoms with Gasteiger partial charge in [-0.15, -0.1) is 18.6 Å². The monoisotopic (exact) mass is 344 g/mol. The van der Waals surface area contributed by atoms with Crippen molar-refractivity contribution in [2.45, 2.75) is 41.5 Å². The van der Waals surface area contributed by atoms with E-state index in [-0.39, 0.29) is 46.5 Å². The standard InChI is InChI=1S/C9H13.C8H9.2ClH.Ti/c1-6-5-7(2)9(4)8(6)3;1-7(2)8-5-3-4-6-8;;;/h6H,1-4H3;3-5H,1-2H3;2*1H;/q2*-1;;;+4/p-2. The van der Waals surface area contributed by atoms with E-state index in [0.717, 1.165) is 0 Å². The Labute approximate surface area is 151 Å². The minimum Gasteiger partial charge on any atom is -1.00 e. The van der Waals surface area contributed by atoms with E-state index < -0.39 is 0 Å². The summed E-state index contributed by atoms with van der Waals surface area (Å²) < 4.78 is 0. The SMILES string of the molecule is CC(C)=C1[C-]=CC=C1.CC1=[C-]C(C)C(C)=C1C.[Cl-].[Cl-].[Ti+4]. The van der Waals surface area contributed by atoms with E-state index in [2.05, 4.69) is 59.8 Å². The van der Waals surface area contributed by atoms with Gasteiger partial charge in [-0.05, 0) is 0 Å². The average Bonchev–Trinajstić information content (AvgIpc) is 2.87. The first-order valence-electron chi connectivity index (χ1n) is 6.15. The molecule has 1 unspecified atom stereocenters. The van der Waals surface area contributed by atoms with E-state index >= 15 is 0 Å². The molecule has 3 heteroatoms. The molecule has 0 amide bonds. The average molecular weight is 345 g/mol. The first-order chi connectivity index (χ1) is 7.93. The van der Waals surface area contributed by atoms with Crippen LogP contribution in [-0.2, 0) is 21.7 Å². The number of hydrogen-bond acceptors (Lipinski definition) is 0. The van der Waals surface area contributed by atoms with Gasteiger partial charge in [0.15, 0.2) is 0 Å². The second-order valence-corrected chi connectivity index (χ2v) is 4.88. The molecule has 0 aromatic rings. The van der Waals surface area contributed by atoms with Gasteiger partial charge in [0.2, 0.25) is 0 Å². The van der Waals surface area contributed by atoms with Crippen molar-refractivity contribution in [3.63, 3.8) is 0 Å². The largest absolute Gasteiger partial charge is 4.00 e. The molecule has 0 aliphatic heterocycles. The minimum absolute atomic E-state index is 0. The molecular formula is C17H22Cl2Ti. The predicted octanol–water partition coefficient (Wildman–Crippen LogP) is -1.02. The van der Waals surface area contributed by atoms with Crippen molar-refractivity contribution in [1.29, 1.82) is 0 Å². The summed E-state index contributed by atoms with van der Waals surface area (Å²) in [6, 6.07) is 0. The zero-order valence-corrected chi connectivity index (χ0v) is 16.1. The van der Waals surface area contributed by atoms with Gasteiger partial charge in [-0.25, -0.2) is 5.57 Å². The Morgan fingerprint density at radius 3 is 1.80 bits per heavy atom. The van der Waals surface area contributed by atoms with Gasteiger partial charge >= 0.3 is 21.7 Å². The molecule has 2 aliphatic rings. The Morgan fingerprint density at radius 1 is 1.10 bits per heavy atom. The van der Waals surface area contributed by atoms with Gasteiger partial charge in [0.1, 0.15) is 0 Å². The van der Waals surface area contributed by atoms with Gasteiger partial charge < -0.3 is 24.8 Å². The van der Waals surface area contributed by atoms with Crippen LogP contribution in [0.3, 0.4) is 0 Å². The fourth-order valence-electron chi connectivity index (χ4n) is 1.80. The Balaban J connectivity index is -0.000000252. The van der Waals surface area contributed by atoms with Crippen LogP contribution in [0.2, 0.25) is 0 Å². The second kappa shape index (κ2) is 11.6. The third-order valence-electron chi connectivity index (χ3n) is 3.37. The van der Waals surface area contributed by atoms with Gasteiger partial charge in [-0.2, -0.15) is 34.9 Å². The summed E-state index contributed by atoms with van der Waals surface area (Å²) in [5.74, 6) is 0.560. The third kappa shape index (κ3) is 7.13. The van der Waals surface area contributed by atoms with E-state index in [4.69, 9.17) is 0 Å². The fourth-order valence-corrected chi connectivity index (χ4v) is 1.80. The molecular weight excluding hydrogens is 323 g/mol.